The molecule has 0 fully saturated rings. The first kappa shape index (κ1) is 17.5. The first-order chi connectivity index (χ1) is 11.3. The van der Waals surface area contributed by atoms with Crippen LogP contribution in [-0.2, 0) is 11.0 Å². The number of likely N-dealkylation sites (N-methyl/N-ethyl adjacent to an activating group) is 1. The summed E-state index contributed by atoms with van der Waals surface area (Å²) in [5, 5.41) is 2.40. The lowest BCUT2D eigenvalue weighted by molar-refractivity contribution is -0.137. The maximum Gasteiger partial charge on any atom is 0.416 e. The third-order valence-corrected chi connectivity index (χ3v) is 3.39. The molecule has 1 N–H and O–H groups in total. The van der Waals surface area contributed by atoms with Gasteiger partial charge in [-0.05, 0) is 36.4 Å². The number of nitrogens with one attached hydrogen (secondary N) is 1. The van der Waals surface area contributed by atoms with Crippen molar-refractivity contribution in [3.8, 4) is 0 Å². The van der Waals surface area contributed by atoms with Crippen LogP contribution in [0.5, 0.6) is 0 Å². The van der Waals surface area contributed by atoms with Gasteiger partial charge in [-0.15, -0.1) is 0 Å². The Morgan fingerprint density at radius 3 is 2.12 bits per heavy atom. The van der Waals surface area contributed by atoms with Crippen LogP contribution < -0.4 is 10.2 Å². The number of nitrogens with zero attached hydrogens (tertiary/aromatic N) is 1. The van der Waals surface area contributed by atoms with Gasteiger partial charge >= 0.3 is 6.18 Å². The molecule has 0 saturated heterocycles. The molecule has 2 rings (SSSR count). The summed E-state index contributed by atoms with van der Waals surface area (Å²) in [5.41, 5.74) is -0.108. The van der Waals surface area contributed by atoms with E-state index in [1.807, 2.05) is 6.07 Å². The number of amides is 2. The van der Waals surface area contributed by atoms with Gasteiger partial charge in [0, 0.05) is 18.3 Å². The molecule has 0 spiro atoms. The van der Waals surface area contributed by atoms with Gasteiger partial charge in [0.15, 0.2) is 0 Å². The smallest absolute Gasteiger partial charge is 0.343 e. The van der Waals surface area contributed by atoms with Crippen LogP contribution in [0.2, 0.25) is 0 Å². The third kappa shape index (κ3) is 4.34. The van der Waals surface area contributed by atoms with Gasteiger partial charge < -0.3 is 10.2 Å². The summed E-state index contributed by atoms with van der Waals surface area (Å²) in [7, 11) is 1.57. The molecule has 0 aliphatic carbocycles. The van der Waals surface area contributed by atoms with E-state index in [0.717, 1.165) is 24.3 Å². The molecule has 0 saturated carbocycles. The summed E-state index contributed by atoms with van der Waals surface area (Å²) < 4.78 is 37.4. The van der Waals surface area contributed by atoms with E-state index < -0.39 is 17.6 Å². The van der Waals surface area contributed by atoms with E-state index in [9.17, 15) is 22.8 Å². The van der Waals surface area contributed by atoms with Crippen LogP contribution in [0.1, 0.15) is 15.9 Å². The van der Waals surface area contributed by atoms with Crippen molar-refractivity contribution in [1.29, 1.82) is 0 Å². The van der Waals surface area contributed by atoms with Gasteiger partial charge in [0.25, 0.3) is 5.91 Å². The minimum Gasteiger partial charge on any atom is -0.343 e. The maximum absolute atomic E-state index is 12.5. The Hall–Kier alpha value is -2.83. The summed E-state index contributed by atoms with van der Waals surface area (Å²) in [6, 6.07) is 12.7. The lowest BCUT2D eigenvalue weighted by Crippen LogP contribution is -2.38. The Morgan fingerprint density at radius 1 is 1.00 bits per heavy atom. The molecule has 0 aliphatic heterocycles. The number of halogens is 3. The molecule has 0 radical (unpaired) electrons. The highest BCUT2D eigenvalue weighted by molar-refractivity contribution is 6.00. The standard InChI is InChI=1S/C17H15F3N2O2/c1-22(14-5-3-2-4-6-14)15(23)11-21-16(24)12-7-9-13(10-8-12)17(18,19)20/h2-10H,11H2,1H3,(H,21,24). The Kier molecular flexibility index (Phi) is 5.23. The number of benzene rings is 2. The van der Waals surface area contributed by atoms with Crippen LogP contribution in [0.15, 0.2) is 54.6 Å². The zero-order valence-electron chi connectivity index (χ0n) is 12.8. The van der Waals surface area contributed by atoms with Crippen molar-refractivity contribution in [3.63, 3.8) is 0 Å². The Balaban J connectivity index is 1.94. The number of para-hydroxylation sites is 1. The van der Waals surface area contributed by atoms with E-state index in [1.165, 1.54) is 4.90 Å². The van der Waals surface area contributed by atoms with E-state index >= 15 is 0 Å². The van der Waals surface area contributed by atoms with Gasteiger partial charge in [0.05, 0.1) is 12.1 Å². The molecule has 0 aliphatic rings. The SMILES string of the molecule is CN(C(=O)CNC(=O)c1ccc(C(F)(F)F)cc1)c1ccccc1. The number of anilines is 1. The second-order valence-corrected chi connectivity index (χ2v) is 5.05. The second-order valence-electron chi connectivity index (χ2n) is 5.05. The summed E-state index contributed by atoms with van der Waals surface area (Å²) in [6.45, 7) is -0.259. The van der Waals surface area contributed by atoms with E-state index in [1.54, 1.807) is 31.3 Å². The van der Waals surface area contributed by atoms with Crippen LogP contribution in [0.4, 0.5) is 18.9 Å². The number of carbonyl (C=O) groups is 2. The van der Waals surface area contributed by atoms with Crippen molar-refractivity contribution >= 4 is 17.5 Å². The molecule has 4 nitrogen and oxygen atoms in total. The van der Waals surface area contributed by atoms with Crippen LogP contribution in [0.25, 0.3) is 0 Å². The minimum absolute atomic E-state index is 0.0539. The summed E-state index contributed by atoms with van der Waals surface area (Å²) in [6.07, 6.45) is -4.45. The molecule has 0 aromatic heterocycles. The predicted molar refractivity (Wildman–Crippen MR) is 83.6 cm³/mol. The lowest BCUT2D eigenvalue weighted by atomic mass is 10.1. The van der Waals surface area contributed by atoms with Gasteiger partial charge in [0.2, 0.25) is 5.91 Å². The van der Waals surface area contributed by atoms with Crippen molar-refractivity contribution in [2.45, 2.75) is 6.18 Å². The molecule has 0 atom stereocenters. The normalized spacial score (nSPS) is 11.0. The van der Waals surface area contributed by atoms with Gasteiger partial charge in [0.1, 0.15) is 0 Å². The average molecular weight is 336 g/mol. The first-order valence-electron chi connectivity index (χ1n) is 7.06. The molecular weight excluding hydrogens is 321 g/mol. The van der Waals surface area contributed by atoms with Gasteiger partial charge in [-0.2, -0.15) is 13.2 Å². The Labute approximate surface area is 136 Å². The van der Waals surface area contributed by atoms with Crippen LogP contribution in [-0.4, -0.2) is 25.4 Å². The predicted octanol–water partition coefficient (Wildman–Crippen LogP) is 3.10. The Morgan fingerprint density at radius 2 is 1.58 bits per heavy atom. The highest BCUT2D eigenvalue weighted by Gasteiger charge is 2.30. The number of hydrogen-bond acceptors (Lipinski definition) is 2. The lowest BCUT2D eigenvalue weighted by Gasteiger charge is -2.17. The zero-order chi connectivity index (χ0) is 17.7. The third-order valence-electron chi connectivity index (χ3n) is 3.39. The fraction of sp³-hybridized carbons (Fsp3) is 0.176. The fourth-order valence-electron chi connectivity index (χ4n) is 1.98. The minimum atomic E-state index is -4.45. The molecule has 0 bridgehead atoms. The van der Waals surface area contributed by atoms with Crippen molar-refractivity contribution in [2.75, 3.05) is 18.5 Å². The fourth-order valence-corrected chi connectivity index (χ4v) is 1.98. The average Bonchev–Trinajstić information content (AvgIpc) is 2.58. The number of rotatable bonds is 4. The van der Waals surface area contributed by atoms with Crippen molar-refractivity contribution < 1.29 is 22.8 Å². The van der Waals surface area contributed by atoms with Gasteiger partial charge in [-0.3, -0.25) is 9.59 Å². The molecule has 0 heterocycles. The van der Waals surface area contributed by atoms with E-state index in [-0.39, 0.29) is 18.0 Å². The second kappa shape index (κ2) is 7.16. The molecule has 0 unspecified atom stereocenters. The van der Waals surface area contributed by atoms with Gasteiger partial charge in [-0.25, -0.2) is 0 Å². The quantitative estimate of drug-likeness (QED) is 0.933. The van der Waals surface area contributed by atoms with Gasteiger partial charge in [-0.1, -0.05) is 18.2 Å². The number of alkyl halides is 3. The van der Waals surface area contributed by atoms with Crippen molar-refractivity contribution in [1.82, 2.24) is 5.32 Å². The molecule has 2 aromatic carbocycles. The van der Waals surface area contributed by atoms with Crippen LogP contribution in [0.3, 0.4) is 0 Å². The van der Waals surface area contributed by atoms with Crippen molar-refractivity contribution in [2.24, 2.45) is 0 Å². The summed E-state index contributed by atoms with van der Waals surface area (Å²) in [5.74, 6) is -0.958. The monoisotopic (exact) mass is 336 g/mol. The molecule has 126 valence electrons. The molecule has 2 amide bonds. The van der Waals surface area contributed by atoms with E-state index in [0.29, 0.717) is 5.69 Å². The number of carbonyl (C=O) groups excluding carboxylic acids is 2. The molecule has 7 heteroatoms. The summed E-state index contributed by atoms with van der Waals surface area (Å²) in [4.78, 5) is 25.3. The van der Waals surface area contributed by atoms with Crippen LogP contribution in [0, 0.1) is 0 Å². The molecule has 2 aromatic rings. The highest BCUT2D eigenvalue weighted by Crippen LogP contribution is 2.29. The maximum atomic E-state index is 12.5. The Bertz CT molecular complexity index is 713. The van der Waals surface area contributed by atoms with Crippen LogP contribution >= 0.6 is 0 Å². The van der Waals surface area contributed by atoms with E-state index in [4.69, 9.17) is 0 Å². The van der Waals surface area contributed by atoms with E-state index in [2.05, 4.69) is 5.32 Å². The largest absolute Gasteiger partial charge is 0.416 e. The molecular formula is C17H15F3N2O2. The number of hydrogen-bond donors (Lipinski definition) is 1. The zero-order valence-corrected chi connectivity index (χ0v) is 12.8. The molecule has 24 heavy (non-hydrogen) atoms. The highest BCUT2D eigenvalue weighted by atomic mass is 19.4. The van der Waals surface area contributed by atoms with Crippen molar-refractivity contribution in [3.05, 3.63) is 65.7 Å². The summed E-state index contributed by atoms with van der Waals surface area (Å²) >= 11 is 0. The first-order valence-corrected chi connectivity index (χ1v) is 7.06. The topological polar surface area (TPSA) is 49.4 Å².